The summed E-state index contributed by atoms with van der Waals surface area (Å²) in [5, 5.41) is 10.2. The molecule has 29 heavy (non-hydrogen) atoms. The number of methoxy groups -OCH3 is 1. The molecule has 0 aromatic heterocycles. The summed E-state index contributed by atoms with van der Waals surface area (Å²) in [6.07, 6.45) is -5.72. The van der Waals surface area contributed by atoms with E-state index < -0.39 is 81.3 Å². The van der Waals surface area contributed by atoms with Gasteiger partial charge in [0.1, 0.15) is 5.03 Å². The topological polar surface area (TPSA) is 49.4 Å². The lowest BCUT2D eigenvalue weighted by Gasteiger charge is -2.23. The van der Waals surface area contributed by atoms with Crippen LogP contribution in [0.5, 0.6) is 0 Å². The lowest BCUT2D eigenvalue weighted by molar-refractivity contribution is -0.315. The normalized spacial score (nSPS) is 24.0. The largest absolute Gasteiger partial charge is 0.549 e. The molecule has 1 aliphatic rings. The number of benzene rings is 1. The van der Waals surface area contributed by atoms with Crippen molar-refractivity contribution in [2.45, 2.75) is 33.1 Å². The monoisotopic (exact) mass is 447 g/mol. The predicted octanol–water partition coefficient (Wildman–Crippen LogP) is 4.01. The number of hydrogen-bond acceptors (Lipinski definition) is 3. The molecule has 162 valence electrons. The molecule has 2 unspecified atom stereocenters. The molecule has 1 aromatic rings. The number of ether oxygens (including phenoxy) is 1. The molecule has 0 aliphatic heterocycles. The van der Waals surface area contributed by atoms with Gasteiger partial charge in [0.05, 0.1) is 12.2 Å². The van der Waals surface area contributed by atoms with Crippen molar-refractivity contribution < 1.29 is 45.4 Å². The van der Waals surface area contributed by atoms with E-state index in [1.807, 2.05) is 0 Å². The van der Waals surface area contributed by atoms with Crippen molar-refractivity contribution in [1.82, 2.24) is 0 Å². The standard InChI is InChI=1S/C18H16ClF7O3/c1-16(2)9(4-10(19)18(24,25)26)17(16,15(27)28)5-7-11(20)13(22)8(6-29-3)14(23)12(7)21/h4,9H,5-6H2,1-3H3,(H,27,28)/p-1. The smallest absolute Gasteiger partial charge is 0.426 e. The SMILES string of the molecule is COCc1c(F)c(F)c(CC2(C(=O)[O-])C(C=C(Cl)C(F)(F)F)C2(C)C)c(F)c1F. The third-order valence-corrected chi connectivity index (χ3v) is 5.85. The molecular weight excluding hydrogens is 433 g/mol. The molecule has 0 N–H and O–H groups in total. The van der Waals surface area contributed by atoms with Crippen molar-refractivity contribution in [3.05, 3.63) is 45.5 Å². The fraction of sp³-hybridized carbons (Fsp3) is 0.500. The molecule has 2 atom stereocenters. The average Bonchev–Trinajstić information content (AvgIpc) is 3.08. The van der Waals surface area contributed by atoms with Crippen LogP contribution in [-0.2, 0) is 22.6 Å². The first-order chi connectivity index (χ1) is 13.1. The van der Waals surface area contributed by atoms with E-state index in [0.717, 1.165) is 7.11 Å². The van der Waals surface area contributed by atoms with Gasteiger partial charge in [-0.25, -0.2) is 17.6 Å². The van der Waals surface area contributed by atoms with Gasteiger partial charge in [-0.2, -0.15) is 13.2 Å². The summed E-state index contributed by atoms with van der Waals surface area (Å²) in [6.45, 7) is 1.63. The van der Waals surface area contributed by atoms with Crippen molar-refractivity contribution in [2.24, 2.45) is 16.7 Å². The number of carboxylic acid groups (broad SMARTS) is 1. The summed E-state index contributed by atoms with van der Waals surface area (Å²) in [5.74, 6) is -10.7. The highest BCUT2D eigenvalue weighted by Crippen LogP contribution is 2.71. The number of carbonyl (C=O) groups is 1. The summed E-state index contributed by atoms with van der Waals surface area (Å²) in [4.78, 5) is 11.8. The molecule has 0 saturated heterocycles. The minimum absolute atomic E-state index is 0.402. The van der Waals surface area contributed by atoms with Gasteiger partial charge in [0.2, 0.25) is 0 Å². The zero-order valence-electron chi connectivity index (χ0n) is 15.3. The molecule has 3 nitrogen and oxygen atoms in total. The Kier molecular flexibility index (Phi) is 6.04. The molecule has 2 rings (SSSR count). The van der Waals surface area contributed by atoms with E-state index in [2.05, 4.69) is 4.74 Å². The van der Waals surface area contributed by atoms with Crippen LogP contribution in [0, 0.1) is 40.0 Å². The summed E-state index contributed by atoms with van der Waals surface area (Å²) >= 11 is 5.16. The Morgan fingerprint density at radius 1 is 1.10 bits per heavy atom. The molecule has 1 fully saturated rings. The molecule has 0 bridgehead atoms. The second-order valence-electron chi connectivity index (χ2n) is 7.29. The van der Waals surface area contributed by atoms with Gasteiger partial charge in [0.15, 0.2) is 23.3 Å². The van der Waals surface area contributed by atoms with Gasteiger partial charge in [-0.1, -0.05) is 31.5 Å². The zero-order valence-corrected chi connectivity index (χ0v) is 16.1. The minimum atomic E-state index is -4.98. The van der Waals surface area contributed by atoms with Crippen LogP contribution in [0.3, 0.4) is 0 Å². The highest BCUT2D eigenvalue weighted by Gasteiger charge is 2.71. The Morgan fingerprint density at radius 2 is 1.55 bits per heavy atom. The zero-order chi connectivity index (χ0) is 22.5. The predicted molar refractivity (Wildman–Crippen MR) is 85.4 cm³/mol. The molecule has 11 heteroatoms. The van der Waals surface area contributed by atoms with Gasteiger partial charge in [-0.15, -0.1) is 0 Å². The van der Waals surface area contributed by atoms with Crippen LogP contribution < -0.4 is 5.11 Å². The number of halogens is 8. The number of rotatable bonds is 6. The maximum absolute atomic E-state index is 14.4. The maximum atomic E-state index is 14.4. The number of aliphatic carboxylic acids is 1. The number of carboxylic acids is 1. The fourth-order valence-corrected chi connectivity index (χ4v) is 3.84. The van der Waals surface area contributed by atoms with Gasteiger partial charge in [-0.3, -0.25) is 0 Å². The molecule has 1 aliphatic carbocycles. The van der Waals surface area contributed by atoms with Gasteiger partial charge in [0.25, 0.3) is 0 Å². The average molecular weight is 448 g/mol. The van der Waals surface area contributed by atoms with Crippen LogP contribution >= 0.6 is 11.6 Å². The van der Waals surface area contributed by atoms with Gasteiger partial charge >= 0.3 is 6.18 Å². The Balaban J connectivity index is 2.60. The van der Waals surface area contributed by atoms with Crippen molar-refractivity contribution in [1.29, 1.82) is 0 Å². The Morgan fingerprint density at radius 3 is 1.93 bits per heavy atom. The van der Waals surface area contributed by atoms with E-state index in [9.17, 15) is 40.6 Å². The molecular formula is C18H15ClF7O3-. The summed E-state index contributed by atoms with van der Waals surface area (Å²) in [7, 11) is 1.03. The van der Waals surface area contributed by atoms with Crippen LogP contribution in [0.4, 0.5) is 30.7 Å². The van der Waals surface area contributed by atoms with Crippen molar-refractivity contribution >= 4 is 17.6 Å². The number of carbonyl (C=O) groups excluding carboxylic acids is 1. The lowest BCUT2D eigenvalue weighted by atomic mass is 9.87. The third-order valence-electron chi connectivity index (χ3n) is 5.51. The summed E-state index contributed by atoms with van der Waals surface area (Å²) in [5.41, 5.74) is -6.08. The van der Waals surface area contributed by atoms with E-state index in [0.29, 0.717) is 6.08 Å². The first kappa shape index (κ1) is 23.5. The summed E-state index contributed by atoms with van der Waals surface area (Å²) in [6, 6.07) is 0. The van der Waals surface area contributed by atoms with Crippen LogP contribution in [0.25, 0.3) is 0 Å². The highest BCUT2D eigenvalue weighted by molar-refractivity contribution is 6.30. The fourth-order valence-electron chi connectivity index (χ4n) is 3.71. The van der Waals surface area contributed by atoms with Crippen molar-refractivity contribution in [2.75, 3.05) is 7.11 Å². The molecule has 0 amide bonds. The van der Waals surface area contributed by atoms with Gasteiger partial charge in [0, 0.05) is 24.1 Å². The minimum Gasteiger partial charge on any atom is -0.549 e. The second kappa shape index (κ2) is 7.46. The second-order valence-corrected chi connectivity index (χ2v) is 7.70. The lowest BCUT2D eigenvalue weighted by Crippen LogP contribution is -2.38. The molecule has 0 radical (unpaired) electrons. The molecule has 1 aromatic carbocycles. The van der Waals surface area contributed by atoms with Crippen molar-refractivity contribution in [3.63, 3.8) is 0 Å². The maximum Gasteiger partial charge on any atom is 0.426 e. The highest BCUT2D eigenvalue weighted by atomic mass is 35.5. The van der Waals surface area contributed by atoms with Crippen molar-refractivity contribution in [3.8, 4) is 0 Å². The van der Waals surface area contributed by atoms with Crippen LogP contribution in [0.1, 0.15) is 25.0 Å². The van der Waals surface area contributed by atoms with E-state index in [4.69, 9.17) is 11.6 Å². The van der Waals surface area contributed by atoms with Crippen LogP contribution in [0.15, 0.2) is 11.1 Å². The first-order valence-corrected chi connectivity index (χ1v) is 8.51. The molecule has 0 spiro atoms. The summed E-state index contributed by atoms with van der Waals surface area (Å²) < 4.78 is 99.7. The quantitative estimate of drug-likeness (QED) is 0.489. The molecule has 1 saturated carbocycles. The Labute approximate surface area is 166 Å². The first-order valence-electron chi connectivity index (χ1n) is 8.13. The number of alkyl halides is 3. The van der Waals surface area contributed by atoms with Crippen LogP contribution in [-0.4, -0.2) is 19.3 Å². The Hall–Kier alpha value is -1.81. The van der Waals surface area contributed by atoms with E-state index in [1.54, 1.807) is 0 Å². The van der Waals surface area contributed by atoms with E-state index in [1.165, 1.54) is 13.8 Å². The third kappa shape index (κ3) is 3.61. The van der Waals surface area contributed by atoms with Gasteiger partial charge < -0.3 is 14.6 Å². The van der Waals surface area contributed by atoms with E-state index in [-0.39, 0.29) is 0 Å². The molecule has 0 heterocycles. The van der Waals surface area contributed by atoms with Gasteiger partial charge in [-0.05, 0) is 17.8 Å². The Bertz CT molecular complexity index is 850. The van der Waals surface area contributed by atoms with Crippen LogP contribution in [0.2, 0.25) is 0 Å². The number of allylic oxidation sites excluding steroid dienone is 2. The van der Waals surface area contributed by atoms with E-state index >= 15 is 0 Å². The number of hydrogen-bond donors (Lipinski definition) is 0.